The minimum atomic E-state index is -0.839. The molecule has 0 bridgehead atoms. The summed E-state index contributed by atoms with van der Waals surface area (Å²) in [5.74, 6) is 5.80. The molecule has 0 fully saturated rings. The third-order valence-electron chi connectivity index (χ3n) is 2.79. The van der Waals surface area contributed by atoms with Gasteiger partial charge in [0.05, 0.1) is 11.3 Å². The highest BCUT2D eigenvalue weighted by Gasteiger charge is 2.14. The molecule has 0 aliphatic rings. The molecule has 4 N–H and O–H groups in total. The molecule has 0 spiro atoms. The number of benzene rings is 1. The molecule has 106 valence electrons. The zero-order valence-corrected chi connectivity index (χ0v) is 12.3. The van der Waals surface area contributed by atoms with Gasteiger partial charge in [-0.15, -0.1) is 0 Å². The van der Waals surface area contributed by atoms with E-state index in [-0.39, 0.29) is 11.9 Å². The Labute approximate surface area is 116 Å². The van der Waals surface area contributed by atoms with Crippen molar-refractivity contribution in [3.8, 4) is 0 Å². The first-order valence-electron chi connectivity index (χ1n) is 6.12. The van der Waals surface area contributed by atoms with Gasteiger partial charge >= 0.3 is 0 Å². The van der Waals surface area contributed by atoms with Crippen molar-refractivity contribution in [3.05, 3.63) is 29.3 Å². The van der Waals surface area contributed by atoms with E-state index in [4.69, 9.17) is 5.84 Å². The molecule has 0 saturated heterocycles. The van der Waals surface area contributed by atoms with Crippen molar-refractivity contribution in [1.29, 1.82) is 0 Å². The number of rotatable bonds is 6. The van der Waals surface area contributed by atoms with Crippen LogP contribution < -0.4 is 16.6 Å². The van der Waals surface area contributed by atoms with Gasteiger partial charge in [-0.05, 0) is 32.4 Å². The first kappa shape index (κ1) is 15.7. The molecule has 19 heavy (non-hydrogen) atoms. The lowest BCUT2D eigenvalue weighted by atomic mass is 10.1. The summed E-state index contributed by atoms with van der Waals surface area (Å²) >= 11 is 0. The van der Waals surface area contributed by atoms with Crippen LogP contribution in [-0.2, 0) is 10.8 Å². The minimum absolute atomic E-state index is 0.0254. The van der Waals surface area contributed by atoms with Crippen molar-refractivity contribution in [2.24, 2.45) is 5.84 Å². The van der Waals surface area contributed by atoms with Crippen molar-refractivity contribution in [2.75, 3.05) is 17.4 Å². The van der Waals surface area contributed by atoms with E-state index < -0.39 is 10.8 Å². The Morgan fingerprint density at radius 3 is 2.74 bits per heavy atom. The van der Waals surface area contributed by atoms with Crippen molar-refractivity contribution >= 4 is 22.4 Å². The van der Waals surface area contributed by atoms with Gasteiger partial charge in [-0.2, -0.15) is 0 Å². The Bertz CT molecular complexity index is 477. The van der Waals surface area contributed by atoms with Crippen LogP contribution in [0.1, 0.15) is 29.3 Å². The monoisotopic (exact) mass is 283 g/mol. The molecule has 2 unspecified atom stereocenters. The number of nitrogens with two attached hydrogens (primary N) is 1. The van der Waals surface area contributed by atoms with Crippen LogP contribution in [0.5, 0.6) is 0 Å². The fraction of sp³-hybridized carbons (Fsp3) is 0.462. The van der Waals surface area contributed by atoms with Gasteiger partial charge in [0.25, 0.3) is 5.91 Å². The van der Waals surface area contributed by atoms with E-state index in [1.54, 1.807) is 18.4 Å². The molecule has 6 heteroatoms. The highest BCUT2D eigenvalue weighted by atomic mass is 32.2. The van der Waals surface area contributed by atoms with E-state index in [0.717, 1.165) is 5.56 Å². The zero-order valence-electron chi connectivity index (χ0n) is 11.5. The maximum Gasteiger partial charge on any atom is 0.253 e. The van der Waals surface area contributed by atoms with Gasteiger partial charge in [-0.3, -0.25) is 14.8 Å². The number of hydrogen-bond acceptors (Lipinski definition) is 4. The van der Waals surface area contributed by atoms with Crippen molar-refractivity contribution in [2.45, 2.75) is 26.3 Å². The molecular weight excluding hydrogens is 262 g/mol. The highest BCUT2D eigenvalue weighted by molar-refractivity contribution is 7.84. The Morgan fingerprint density at radius 2 is 2.16 bits per heavy atom. The number of carbonyl (C=O) groups excluding carboxylic acids is 1. The van der Waals surface area contributed by atoms with E-state index in [1.165, 1.54) is 0 Å². The van der Waals surface area contributed by atoms with Gasteiger partial charge in [-0.1, -0.05) is 11.6 Å². The lowest BCUT2D eigenvalue weighted by Crippen LogP contribution is -2.34. The molecule has 1 rings (SSSR count). The molecule has 1 amide bonds. The second kappa shape index (κ2) is 7.25. The maximum absolute atomic E-state index is 12.1. The second-order valence-electron chi connectivity index (χ2n) is 4.63. The average molecular weight is 283 g/mol. The summed E-state index contributed by atoms with van der Waals surface area (Å²) in [5.41, 5.74) is 4.62. The smallest absolute Gasteiger partial charge is 0.253 e. The number of aryl methyl sites for hydroxylation is 1. The molecule has 2 atom stereocenters. The van der Waals surface area contributed by atoms with E-state index in [2.05, 4.69) is 10.7 Å². The van der Waals surface area contributed by atoms with Crippen LogP contribution in [-0.4, -0.2) is 28.2 Å². The number of amides is 1. The predicted molar refractivity (Wildman–Crippen MR) is 79.5 cm³/mol. The van der Waals surface area contributed by atoms with Gasteiger partial charge in [0, 0.05) is 28.9 Å². The fourth-order valence-electron chi connectivity index (χ4n) is 1.69. The van der Waals surface area contributed by atoms with E-state index in [9.17, 15) is 9.00 Å². The summed E-state index contributed by atoms with van der Waals surface area (Å²) in [6.45, 7) is 3.82. The summed E-state index contributed by atoms with van der Waals surface area (Å²) in [4.78, 5) is 12.1. The van der Waals surface area contributed by atoms with Gasteiger partial charge in [0.2, 0.25) is 0 Å². The van der Waals surface area contributed by atoms with E-state index in [1.807, 2.05) is 19.9 Å². The van der Waals surface area contributed by atoms with E-state index >= 15 is 0 Å². The topological polar surface area (TPSA) is 84.2 Å². The largest absolute Gasteiger partial charge is 0.349 e. The molecule has 0 saturated carbocycles. The van der Waals surface area contributed by atoms with Crippen LogP contribution in [0.25, 0.3) is 0 Å². The normalized spacial score (nSPS) is 13.7. The summed E-state index contributed by atoms with van der Waals surface area (Å²) < 4.78 is 11.0. The standard InChI is InChI=1S/C13H21N3O2S/c1-9-4-5-12(16-14)11(8-9)13(17)15-10(2)6-7-19(3)18/h4-5,8,10,16H,6-7,14H2,1-3H3,(H,15,17). The number of nitrogen functional groups attached to an aromatic ring is 1. The Kier molecular flexibility index (Phi) is 5.98. The van der Waals surface area contributed by atoms with Crippen LogP contribution in [0.3, 0.4) is 0 Å². The van der Waals surface area contributed by atoms with Crippen LogP contribution in [0.15, 0.2) is 18.2 Å². The summed E-state index contributed by atoms with van der Waals surface area (Å²) in [5, 5.41) is 2.88. The lowest BCUT2D eigenvalue weighted by Gasteiger charge is -2.15. The molecule has 5 nitrogen and oxygen atoms in total. The number of nitrogens with one attached hydrogen (secondary N) is 2. The SMILES string of the molecule is Cc1ccc(NN)c(C(=O)NC(C)CCS(C)=O)c1. The summed E-state index contributed by atoms with van der Waals surface area (Å²) in [7, 11) is -0.839. The molecule has 0 radical (unpaired) electrons. The number of anilines is 1. The number of carbonyl (C=O) groups is 1. The predicted octanol–water partition coefficient (Wildman–Crippen LogP) is 1.17. The molecule has 0 aliphatic heterocycles. The van der Waals surface area contributed by atoms with Crippen molar-refractivity contribution in [3.63, 3.8) is 0 Å². The van der Waals surface area contributed by atoms with Gasteiger partial charge in [0.15, 0.2) is 0 Å². The molecule has 0 aromatic heterocycles. The van der Waals surface area contributed by atoms with E-state index in [0.29, 0.717) is 23.4 Å². The number of hydrazine groups is 1. The Hall–Kier alpha value is -1.40. The summed E-state index contributed by atoms with van der Waals surface area (Å²) in [6.07, 6.45) is 2.34. The molecule has 0 aliphatic carbocycles. The Balaban J connectivity index is 2.72. The first-order chi connectivity index (χ1) is 8.93. The first-order valence-corrected chi connectivity index (χ1v) is 7.85. The third-order valence-corrected chi connectivity index (χ3v) is 3.60. The van der Waals surface area contributed by atoms with Crippen LogP contribution in [0.2, 0.25) is 0 Å². The maximum atomic E-state index is 12.1. The fourth-order valence-corrected chi connectivity index (χ4v) is 2.37. The van der Waals surface area contributed by atoms with Gasteiger partial charge in [0.1, 0.15) is 0 Å². The van der Waals surface area contributed by atoms with Gasteiger partial charge < -0.3 is 10.7 Å². The summed E-state index contributed by atoms with van der Waals surface area (Å²) in [6, 6.07) is 5.42. The van der Waals surface area contributed by atoms with Crippen LogP contribution >= 0.6 is 0 Å². The second-order valence-corrected chi connectivity index (χ2v) is 6.19. The quantitative estimate of drug-likeness (QED) is 0.540. The highest BCUT2D eigenvalue weighted by Crippen LogP contribution is 2.16. The van der Waals surface area contributed by atoms with Crippen LogP contribution in [0.4, 0.5) is 5.69 Å². The van der Waals surface area contributed by atoms with Crippen LogP contribution in [0, 0.1) is 6.92 Å². The molecular formula is C13H21N3O2S. The minimum Gasteiger partial charge on any atom is -0.349 e. The zero-order chi connectivity index (χ0) is 14.4. The third kappa shape index (κ3) is 5.00. The lowest BCUT2D eigenvalue weighted by molar-refractivity contribution is 0.0940. The van der Waals surface area contributed by atoms with Gasteiger partial charge in [-0.25, -0.2) is 0 Å². The van der Waals surface area contributed by atoms with Crippen molar-refractivity contribution in [1.82, 2.24) is 5.32 Å². The van der Waals surface area contributed by atoms with Crippen molar-refractivity contribution < 1.29 is 9.00 Å². The molecule has 1 aromatic carbocycles. The number of hydrogen-bond donors (Lipinski definition) is 3. The molecule has 0 heterocycles. The Morgan fingerprint density at radius 1 is 1.47 bits per heavy atom. The average Bonchev–Trinajstić information content (AvgIpc) is 2.36. The molecule has 1 aromatic rings.